The standard InChI is InChI=1S/C14H10ClN3O2/c1-20-11-5-2-9(3-6-11)14(19)18-13-8-10(15)4-7-12(13)16-17-18/h2-8H,1H3. The molecule has 0 radical (unpaired) electrons. The molecule has 0 fully saturated rings. The second kappa shape index (κ2) is 4.94. The van der Waals surface area contributed by atoms with Crippen molar-refractivity contribution in [3.05, 3.63) is 53.1 Å². The molecule has 100 valence electrons. The molecule has 5 nitrogen and oxygen atoms in total. The van der Waals surface area contributed by atoms with E-state index in [9.17, 15) is 4.79 Å². The van der Waals surface area contributed by atoms with Gasteiger partial charge in [0.25, 0.3) is 5.91 Å². The molecule has 0 N–H and O–H groups in total. The molecule has 0 aliphatic heterocycles. The molecule has 0 amide bonds. The van der Waals surface area contributed by atoms with Gasteiger partial charge in [-0.25, -0.2) is 0 Å². The van der Waals surface area contributed by atoms with Crippen LogP contribution >= 0.6 is 11.6 Å². The van der Waals surface area contributed by atoms with Gasteiger partial charge in [0.2, 0.25) is 0 Å². The first-order chi connectivity index (χ1) is 9.69. The number of methoxy groups -OCH3 is 1. The maximum absolute atomic E-state index is 12.4. The van der Waals surface area contributed by atoms with E-state index < -0.39 is 0 Å². The van der Waals surface area contributed by atoms with Gasteiger partial charge in [-0.05, 0) is 42.5 Å². The maximum atomic E-state index is 12.4. The lowest BCUT2D eigenvalue weighted by Crippen LogP contribution is -2.13. The molecule has 1 heterocycles. The summed E-state index contributed by atoms with van der Waals surface area (Å²) in [7, 11) is 1.57. The van der Waals surface area contributed by atoms with Crippen molar-refractivity contribution in [3.63, 3.8) is 0 Å². The minimum Gasteiger partial charge on any atom is -0.497 e. The second-order valence-electron chi connectivity index (χ2n) is 4.17. The van der Waals surface area contributed by atoms with Crippen molar-refractivity contribution in [2.45, 2.75) is 0 Å². The minimum atomic E-state index is -0.266. The third kappa shape index (κ3) is 2.12. The van der Waals surface area contributed by atoms with Crippen molar-refractivity contribution in [1.82, 2.24) is 15.0 Å². The van der Waals surface area contributed by atoms with Crippen molar-refractivity contribution in [3.8, 4) is 5.75 Å². The van der Waals surface area contributed by atoms with E-state index >= 15 is 0 Å². The normalized spacial score (nSPS) is 10.7. The predicted octanol–water partition coefficient (Wildman–Crippen LogP) is 2.78. The summed E-state index contributed by atoms with van der Waals surface area (Å²) in [4.78, 5) is 12.4. The zero-order valence-electron chi connectivity index (χ0n) is 10.6. The highest BCUT2D eigenvalue weighted by Crippen LogP contribution is 2.19. The molecular weight excluding hydrogens is 278 g/mol. The molecule has 0 bridgehead atoms. The molecule has 20 heavy (non-hydrogen) atoms. The molecule has 0 aliphatic rings. The Labute approximate surface area is 119 Å². The van der Waals surface area contributed by atoms with Gasteiger partial charge >= 0.3 is 0 Å². The second-order valence-corrected chi connectivity index (χ2v) is 4.60. The molecule has 0 unspecified atom stereocenters. The van der Waals surface area contributed by atoms with Gasteiger partial charge in [0, 0.05) is 10.6 Å². The number of ether oxygens (including phenoxy) is 1. The summed E-state index contributed by atoms with van der Waals surface area (Å²) >= 11 is 5.94. The van der Waals surface area contributed by atoms with Crippen LogP contribution in [0, 0.1) is 0 Å². The molecule has 3 aromatic rings. The van der Waals surface area contributed by atoms with E-state index in [4.69, 9.17) is 16.3 Å². The molecule has 0 saturated heterocycles. The van der Waals surface area contributed by atoms with Crippen LogP contribution in [0.2, 0.25) is 5.02 Å². The molecule has 0 spiro atoms. The summed E-state index contributed by atoms with van der Waals surface area (Å²) in [5, 5.41) is 8.36. The van der Waals surface area contributed by atoms with Gasteiger partial charge in [-0.1, -0.05) is 16.8 Å². The number of hydrogen-bond acceptors (Lipinski definition) is 4. The van der Waals surface area contributed by atoms with Crippen molar-refractivity contribution in [2.75, 3.05) is 7.11 Å². The molecular formula is C14H10ClN3O2. The first-order valence-electron chi connectivity index (χ1n) is 5.89. The average molecular weight is 288 g/mol. The molecule has 2 aromatic carbocycles. The molecule has 3 rings (SSSR count). The maximum Gasteiger partial charge on any atom is 0.280 e. The first-order valence-corrected chi connectivity index (χ1v) is 6.26. The SMILES string of the molecule is COc1ccc(C(=O)n2nnc3ccc(Cl)cc32)cc1. The number of fused-ring (bicyclic) bond motifs is 1. The molecule has 6 heteroatoms. The molecule has 0 saturated carbocycles. The van der Waals surface area contributed by atoms with Crippen LogP contribution in [-0.2, 0) is 0 Å². The number of aromatic nitrogens is 3. The van der Waals surface area contributed by atoms with E-state index in [0.29, 0.717) is 27.4 Å². The van der Waals surface area contributed by atoms with Crippen LogP contribution < -0.4 is 4.74 Å². The summed E-state index contributed by atoms with van der Waals surface area (Å²) in [6, 6.07) is 11.9. The van der Waals surface area contributed by atoms with Crippen LogP contribution in [0.15, 0.2) is 42.5 Å². The van der Waals surface area contributed by atoms with E-state index in [1.54, 1.807) is 49.6 Å². The van der Waals surface area contributed by atoms with Gasteiger partial charge in [0.15, 0.2) is 0 Å². The topological polar surface area (TPSA) is 57.0 Å². The monoisotopic (exact) mass is 287 g/mol. The van der Waals surface area contributed by atoms with E-state index in [0.717, 1.165) is 0 Å². The number of carbonyl (C=O) groups excluding carboxylic acids is 1. The average Bonchev–Trinajstić information content (AvgIpc) is 2.89. The van der Waals surface area contributed by atoms with Crippen LogP contribution in [0.3, 0.4) is 0 Å². The third-order valence-corrected chi connectivity index (χ3v) is 3.17. The van der Waals surface area contributed by atoms with Crippen molar-refractivity contribution in [2.24, 2.45) is 0 Å². The van der Waals surface area contributed by atoms with E-state index in [-0.39, 0.29) is 5.91 Å². The highest BCUT2D eigenvalue weighted by atomic mass is 35.5. The highest BCUT2D eigenvalue weighted by molar-refractivity contribution is 6.31. The lowest BCUT2D eigenvalue weighted by molar-refractivity contribution is 0.0948. The third-order valence-electron chi connectivity index (χ3n) is 2.94. The Hall–Kier alpha value is -2.40. The Morgan fingerprint density at radius 3 is 2.65 bits per heavy atom. The first kappa shape index (κ1) is 12.6. The number of carbonyl (C=O) groups is 1. The number of rotatable bonds is 2. The van der Waals surface area contributed by atoms with Crippen LogP contribution in [0.25, 0.3) is 11.0 Å². The Morgan fingerprint density at radius 1 is 1.20 bits per heavy atom. The number of nitrogens with zero attached hydrogens (tertiary/aromatic N) is 3. The van der Waals surface area contributed by atoms with Gasteiger partial charge in [-0.2, -0.15) is 4.68 Å². The Morgan fingerprint density at radius 2 is 1.95 bits per heavy atom. The van der Waals surface area contributed by atoms with Crippen molar-refractivity contribution < 1.29 is 9.53 Å². The van der Waals surface area contributed by atoms with Gasteiger partial charge < -0.3 is 4.74 Å². The number of benzene rings is 2. The summed E-state index contributed by atoms with van der Waals surface area (Å²) in [5.41, 5.74) is 1.70. The van der Waals surface area contributed by atoms with E-state index in [1.165, 1.54) is 4.68 Å². The van der Waals surface area contributed by atoms with Crippen LogP contribution in [0.1, 0.15) is 10.4 Å². The zero-order chi connectivity index (χ0) is 14.1. The molecule has 0 atom stereocenters. The highest BCUT2D eigenvalue weighted by Gasteiger charge is 2.14. The lowest BCUT2D eigenvalue weighted by atomic mass is 10.2. The largest absolute Gasteiger partial charge is 0.497 e. The summed E-state index contributed by atoms with van der Waals surface area (Å²) in [5.74, 6) is 0.422. The fourth-order valence-electron chi connectivity index (χ4n) is 1.90. The summed E-state index contributed by atoms with van der Waals surface area (Å²) < 4.78 is 6.30. The molecule has 1 aromatic heterocycles. The van der Waals surface area contributed by atoms with E-state index in [1.807, 2.05) is 0 Å². The van der Waals surface area contributed by atoms with Crippen molar-refractivity contribution >= 4 is 28.5 Å². The zero-order valence-corrected chi connectivity index (χ0v) is 11.3. The minimum absolute atomic E-state index is 0.266. The smallest absolute Gasteiger partial charge is 0.280 e. The number of hydrogen-bond donors (Lipinski definition) is 0. The van der Waals surface area contributed by atoms with Gasteiger partial charge in [0.1, 0.15) is 11.3 Å². The Bertz CT molecular complexity index is 781. The Kier molecular flexibility index (Phi) is 3.12. The van der Waals surface area contributed by atoms with Gasteiger partial charge in [-0.3, -0.25) is 4.79 Å². The quantitative estimate of drug-likeness (QED) is 0.727. The van der Waals surface area contributed by atoms with E-state index in [2.05, 4.69) is 10.3 Å². The van der Waals surface area contributed by atoms with Gasteiger partial charge in [0.05, 0.1) is 12.6 Å². The fourth-order valence-corrected chi connectivity index (χ4v) is 2.06. The van der Waals surface area contributed by atoms with Crippen LogP contribution in [0.4, 0.5) is 0 Å². The van der Waals surface area contributed by atoms with Gasteiger partial charge in [-0.15, -0.1) is 5.10 Å². The fraction of sp³-hybridized carbons (Fsp3) is 0.0714. The van der Waals surface area contributed by atoms with Crippen LogP contribution in [0.5, 0.6) is 5.75 Å². The molecule has 0 aliphatic carbocycles. The Balaban J connectivity index is 2.05. The summed E-state index contributed by atoms with van der Waals surface area (Å²) in [6.07, 6.45) is 0. The number of halogens is 1. The summed E-state index contributed by atoms with van der Waals surface area (Å²) in [6.45, 7) is 0. The van der Waals surface area contributed by atoms with Crippen LogP contribution in [-0.4, -0.2) is 28.0 Å². The van der Waals surface area contributed by atoms with Crippen molar-refractivity contribution in [1.29, 1.82) is 0 Å². The predicted molar refractivity (Wildman–Crippen MR) is 75.3 cm³/mol. The lowest BCUT2D eigenvalue weighted by Gasteiger charge is -2.03.